The van der Waals surface area contributed by atoms with Gasteiger partial charge < -0.3 is 0 Å². The van der Waals surface area contributed by atoms with Gasteiger partial charge in [0, 0.05) is 15.6 Å². The summed E-state index contributed by atoms with van der Waals surface area (Å²) >= 11 is 1.85. The number of hydrogen-bond acceptors (Lipinski definition) is 3. The molecule has 5 rings (SSSR count). The molecule has 0 aliphatic carbocycles. The molecule has 0 unspecified atom stereocenters. The molecule has 0 radical (unpaired) electrons. The zero-order valence-electron chi connectivity index (χ0n) is 20.0. The Kier molecular flexibility index (Phi) is 4.81. The van der Waals surface area contributed by atoms with Crippen molar-refractivity contribution in [3.8, 4) is 11.3 Å². The molecule has 0 saturated heterocycles. The van der Waals surface area contributed by atoms with Crippen molar-refractivity contribution >= 4 is 55.7 Å². The largest absolute Gasteiger partial charge is 0.235 e. The van der Waals surface area contributed by atoms with E-state index >= 15 is 0 Å². The lowest BCUT2D eigenvalue weighted by molar-refractivity contribution is 0.587. The first-order valence-corrected chi connectivity index (χ1v) is 15.6. The molecule has 0 bridgehead atoms. The molecule has 0 N–H and O–H groups in total. The molecule has 3 aromatic carbocycles. The van der Waals surface area contributed by atoms with Gasteiger partial charge in [-0.25, -0.2) is 9.97 Å². The molecule has 0 atom stereocenters. The van der Waals surface area contributed by atoms with Crippen LogP contribution in [0.5, 0.6) is 0 Å². The van der Waals surface area contributed by atoms with Gasteiger partial charge in [0.2, 0.25) is 0 Å². The van der Waals surface area contributed by atoms with Crippen molar-refractivity contribution in [2.24, 2.45) is 0 Å². The van der Waals surface area contributed by atoms with Gasteiger partial charge in [-0.2, -0.15) is 0 Å². The summed E-state index contributed by atoms with van der Waals surface area (Å²) in [5.74, 6) is 0. The van der Waals surface area contributed by atoms with Crippen LogP contribution in [-0.4, -0.2) is 18.0 Å². The third-order valence-electron chi connectivity index (χ3n) is 6.42. The van der Waals surface area contributed by atoms with Gasteiger partial charge in [0.1, 0.15) is 6.33 Å². The SMILES string of the molecule is Cc1c(C(C)(C)C)ccc2c1sc1c(-c3cc([Si](C)(C)C)c4ccccc4c3)ncnc12. The molecule has 2 aromatic heterocycles. The summed E-state index contributed by atoms with van der Waals surface area (Å²) in [4.78, 5) is 9.55. The predicted octanol–water partition coefficient (Wildman–Crippen LogP) is 7.82. The van der Waals surface area contributed by atoms with E-state index in [1.807, 2.05) is 11.3 Å². The molecule has 0 fully saturated rings. The van der Waals surface area contributed by atoms with Crippen LogP contribution in [0.4, 0.5) is 0 Å². The molecule has 0 amide bonds. The van der Waals surface area contributed by atoms with E-state index in [0.29, 0.717) is 0 Å². The molecular formula is C28H30N2SSi. The van der Waals surface area contributed by atoms with E-state index in [-0.39, 0.29) is 5.41 Å². The monoisotopic (exact) mass is 454 g/mol. The van der Waals surface area contributed by atoms with Gasteiger partial charge in [0.15, 0.2) is 0 Å². The highest BCUT2D eigenvalue weighted by atomic mass is 32.1. The van der Waals surface area contributed by atoms with Gasteiger partial charge >= 0.3 is 0 Å². The average molecular weight is 455 g/mol. The number of nitrogens with zero attached hydrogens (tertiary/aromatic N) is 2. The Bertz CT molecular complexity index is 1500. The standard InChI is InChI=1S/C28H30N2SSi/c1-17-22(28(2,3)4)13-12-21-25-27(31-26(17)21)24(29-16-30-25)19-14-18-10-8-9-11-20(18)23(15-19)32(5,6)7/h8-16H,1-7H3. The highest BCUT2D eigenvalue weighted by Gasteiger charge is 2.23. The number of aromatic nitrogens is 2. The molecule has 32 heavy (non-hydrogen) atoms. The number of hydrogen-bond donors (Lipinski definition) is 0. The van der Waals surface area contributed by atoms with Crippen LogP contribution in [0.25, 0.3) is 42.3 Å². The molecule has 2 nitrogen and oxygen atoms in total. The van der Waals surface area contributed by atoms with E-state index in [9.17, 15) is 0 Å². The fourth-order valence-electron chi connectivity index (χ4n) is 4.86. The topological polar surface area (TPSA) is 25.8 Å². The van der Waals surface area contributed by atoms with Crippen molar-refractivity contribution in [2.45, 2.75) is 52.8 Å². The lowest BCUT2D eigenvalue weighted by atomic mass is 9.84. The summed E-state index contributed by atoms with van der Waals surface area (Å²) in [6.45, 7) is 16.4. The Labute approximate surface area is 195 Å². The molecule has 0 saturated carbocycles. The van der Waals surface area contributed by atoms with Crippen LogP contribution in [0.1, 0.15) is 31.9 Å². The van der Waals surface area contributed by atoms with Crippen LogP contribution in [0.3, 0.4) is 0 Å². The summed E-state index contributed by atoms with van der Waals surface area (Å²) < 4.78 is 2.52. The van der Waals surface area contributed by atoms with Crippen LogP contribution in [0.15, 0.2) is 54.9 Å². The number of fused-ring (bicyclic) bond motifs is 4. The smallest absolute Gasteiger partial charge is 0.116 e. The second kappa shape index (κ2) is 7.22. The Hall–Kier alpha value is -2.56. The van der Waals surface area contributed by atoms with Crippen molar-refractivity contribution in [1.82, 2.24) is 9.97 Å². The van der Waals surface area contributed by atoms with Crippen LogP contribution in [-0.2, 0) is 5.41 Å². The van der Waals surface area contributed by atoms with E-state index in [1.54, 1.807) is 6.33 Å². The first-order valence-electron chi connectivity index (χ1n) is 11.3. The van der Waals surface area contributed by atoms with Crippen LogP contribution in [0.2, 0.25) is 19.6 Å². The first kappa shape index (κ1) is 21.3. The van der Waals surface area contributed by atoms with Gasteiger partial charge in [-0.3, -0.25) is 0 Å². The fourth-order valence-corrected chi connectivity index (χ4v) is 7.75. The molecule has 162 valence electrons. The molecular weight excluding hydrogens is 424 g/mol. The Balaban J connectivity index is 1.83. The summed E-state index contributed by atoms with van der Waals surface area (Å²) in [6, 6.07) is 18.0. The average Bonchev–Trinajstić information content (AvgIpc) is 3.11. The second-order valence-electron chi connectivity index (χ2n) is 10.9. The number of rotatable bonds is 2. The maximum Gasteiger partial charge on any atom is 0.116 e. The zero-order valence-corrected chi connectivity index (χ0v) is 21.8. The van der Waals surface area contributed by atoms with E-state index in [0.717, 1.165) is 11.2 Å². The Morgan fingerprint density at radius 3 is 2.31 bits per heavy atom. The molecule has 4 heteroatoms. The van der Waals surface area contributed by atoms with E-state index in [1.165, 1.54) is 47.4 Å². The summed E-state index contributed by atoms with van der Waals surface area (Å²) in [5.41, 5.74) is 6.21. The highest BCUT2D eigenvalue weighted by Crippen LogP contribution is 2.42. The van der Waals surface area contributed by atoms with Crippen molar-refractivity contribution in [2.75, 3.05) is 0 Å². The Morgan fingerprint density at radius 2 is 1.59 bits per heavy atom. The van der Waals surface area contributed by atoms with E-state index in [4.69, 9.17) is 9.97 Å². The minimum absolute atomic E-state index is 0.119. The highest BCUT2D eigenvalue weighted by molar-refractivity contribution is 7.26. The lowest BCUT2D eigenvalue weighted by Gasteiger charge is -2.21. The van der Waals surface area contributed by atoms with E-state index < -0.39 is 8.07 Å². The van der Waals surface area contributed by atoms with Gasteiger partial charge in [-0.15, -0.1) is 11.3 Å². The van der Waals surface area contributed by atoms with Crippen molar-refractivity contribution < 1.29 is 0 Å². The molecule has 0 aliphatic rings. The fraction of sp³-hybridized carbons (Fsp3) is 0.286. The minimum Gasteiger partial charge on any atom is -0.235 e. The van der Waals surface area contributed by atoms with Crippen LogP contribution >= 0.6 is 11.3 Å². The van der Waals surface area contributed by atoms with Gasteiger partial charge in [0.25, 0.3) is 0 Å². The summed E-state index contributed by atoms with van der Waals surface area (Å²) in [6.07, 6.45) is 1.74. The minimum atomic E-state index is -1.54. The maximum atomic E-state index is 4.82. The number of thiophene rings is 1. The zero-order chi connectivity index (χ0) is 22.8. The van der Waals surface area contributed by atoms with Gasteiger partial charge in [-0.05, 0) is 40.3 Å². The molecule has 0 aliphatic heterocycles. The van der Waals surface area contributed by atoms with Crippen molar-refractivity contribution in [3.05, 3.63) is 66.0 Å². The number of aryl methyl sites for hydroxylation is 1. The third kappa shape index (κ3) is 3.37. The first-order chi connectivity index (χ1) is 15.1. The van der Waals surface area contributed by atoms with Crippen LogP contribution in [0, 0.1) is 6.92 Å². The molecule has 0 spiro atoms. The third-order valence-corrected chi connectivity index (χ3v) is 9.77. The van der Waals surface area contributed by atoms with Crippen molar-refractivity contribution in [1.29, 1.82) is 0 Å². The summed E-state index contributed by atoms with van der Waals surface area (Å²) in [7, 11) is -1.54. The van der Waals surface area contributed by atoms with Gasteiger partial charge in [0.05, 0.1) is 24.0 Å². The normalized spacial score (nSPS) is 12.8. The van der Waals surface area contributed by atoms with Gasteiger partial charge in [-0.1, -0.05) is 88.1 Å². The second-order valence-corrected chi connectivity index (χ2v) is 16.9. The molecule has 2 heterocycles. The Morgan fingerprint density at radius 1 is 0.844 bits per heavy atom. The molecule has 5 aromatic rings. The lowest BCUT2D eigenvalue weighted by Crippen LogP contribution is -2.38. The summed E-state index contributed by atoms with van der Waals surface area (Å²) in [5, 5.41) is 5.40. The van der Waals surface area contributed by atoms with Crippen LogP contribution < -0.4 is 5.19 Å². The predicted molar refractivity (Wildman–Crippen MR) is 144 cm³/mol. The quantitative estimate of drug-likeness (QED) is 0.254. The maximum absolute atomic E-state index is 4.82. The van der Waals surface area contributed by atoms with E-state index in [2.05, 4.69) is 95.9 Å². The number of benzene rings is 3. The van der Waals surface area contributed by atoms with Crippen molar-refractivity contribution in [3.63, 3.8) is 0 Å².